The molecule has 128 valence electrons. The fourth-order valence-corrected chi connectivity index (χ4v) is 2.33. The minimum atomic E-state index is -0.757. The summed E-state index contributed by atoms with van der Waals surface area (Å²) in [6.07, 6.45) is 5.12. The number of benzene rings is 1. The van der Waals surface area contributed by atoms with E-state index in [1.807, 2.05) is 36.4 Å². The number of aromatic nitrogens is 5. The molecule has 0 fully saturated rings. The monoisotopic (exact) mass is 337 g/mol. The van der Waals surface area contributed by atoms with E-state index in [1.165, 1.54) is 4.80 Å². The van der Waals surface area contributed by atoms with Crippen LogP contribution < -0.4 is 4.74 Å². The molecule has 0 spiro atoms. The third-order valence-corrected chi connectivity index (χ3v) is 3.51. The van der Waals surface area contributed by atoms with E-state index in [0.29, 0.717) is 12.2 Å². The number of rotatable bonds is 8. The lowest BCUT2D eigenvalue weighted by molar-refractivity contribution is 0.0846. The molecule has 3 aromatic rings. The summed E-state index contributed by atoms with van der Waals surface area (Å²) in [5.74, 6) is 1.21. The number of tetrazole rings is 1. The number of hydrogen-bond donors (Lipinski definition) is 1. The first-order valence-electron chi connectivity index (χ1n) is 7.94. The van der Waals surface area contributed by atoms with Gasteiger partial charge >= 0.3 is 0 Å². The minimum Gasteiger partial charge on any atom is -0.491 e. The summed E-state index contributed by atoms with van der Waals surface area (Å²) in [6.45, 7) is 4.07. The van der Waals surface area contributed by atoms with Crippen LogP contribution in [0.25, 0.3) is 11.4 Å². The maximum absolute atomic E-state index is 10.2. The van der Waals surface area contributed by atoms with E-state index in [9.17, 15) is 5.11 Å². The SMILES string of the molecule is C=CCc1ccccc1OCC(O)Cn1nnc(-c2cccnc2)n1. The highest BCUT2D eigenvalue weighted by Gasteiger charge is 2.12. The largest absolute Gasteiger partial charge is 0.491 e. The van der Waals surface area contributed by atoms with Crippen molar-refractivity contribution in [2.75, 3.05) is 6.61 Å². The summed E-state index contributed by atoms with van der Waals surface area (Å²) in [6, 6.07) is 11.3. The van der Waals surface area contributed by atoms with Gasteiger partial charge in [0, 0.05) is 18.0 Å². The molecule has 3 rings (SSSR count). The maximum atomic E-state index is 10.2. The van der Waals surface area contributed by atoms with Gasteiger partial charge in [-0.05, 0) is 35.4 Å². The fraction of sp³-hybridized carbons (Fsp3) is 0.222. The Kier molecular flexibility index (Phi) is 5.48. The van der Waals surface area contributed by atoms with Gasteiger partial charge in [-0.3, -0.25) is 4.98 Å². The van der Waals surface area contributed by atoms with E-state index >= 15 is 0 Å². The highest BCUT2D eigenvalue weighted by molar-refractivity contribution is 5.51. The molecule has 1 aromatic carbocycles. The van der Waals surface area contributed by atoms with E-state index in [-0.39, 0.29) is 13.2 Å². The zero-order valence-electron chi connectivity index (χ0n) is 13.7. The van der Waals surface area contributed by atoms with Gasteiger partial charge in [0.1, 0.15) is 18.5 Å². The lowest BCUT2D eigenvalue weighted by atomic mass is 10.1. The van der Waals surface area contributed by atoms with Gasteiger partial charge in [0.25, 0.3) is 0 Å². The van der Waals surface area contributed by atoms with Gasteiger partial charge in [0.05, 0.1) is 6.54 Å². The smallest absolute Gasteiger partial charge is 0.206 e. The van der Waals surface area contributed by atoms with Crippen LogP contribution in [0.3, 0.4) is 0 Å². The van der Waals surface area contributed by atoms with Crippen molar-refractivity contribution in [3.8, 4) is 17.1 Å². The first-order valence-corrected chi connectivity index (χ1v) is 7.94. The number of para-hydroxylation sites is 1. The van der Waals surface area contributed by atoms with Gasteiger partial charge in [0.2, 0.25) is 5.82 Å². The molecule has 0 aliphatic heterocycles. The predicted octanol–water partition coefficient (Wildman–Crippen LogP) is 1.90. The molecule has 1 N–H and O–H groups in total. The third kappa shape index (κ3) is 4.48. The number of aliphatic hydroxyl groups excluding tert-OH is 1. The quantitative estimate of drug-likeness (QED) is 0.632. The lowest BCUT2D eigenvalue weighted by Gasteiger charge is -2.13. The van der Waals surface area contributed by atoms with E-state index in [4.69, 9.17) is 4.74 Å². The summed E-state index contributed by atoms with van der Waals surface area (Å²) in [5, 5.41) is 22.4. The summed E-state index contributed by atoms with van der Waals surface area (Å²) < 4.78 is 5.72. The van der Waals surface area contributed by atoms with Crippen molar-refractivity contribution in [2.45, 2.75) is 19.1 Å². The van der Waals surface area contributed by atoms with E-state index < -0.39 is 6.10 Å². The summed E-state index contributed by atoms with van der Waals surface area (Å²) in [4.78, 5) is 5.38. The second-order valence-electron chi connectivity index (χ2n) is 5.47. The van der Waals surface area contributed by atoms with Crippen molar-refractivity contribution in [3.05, 3.63) is 67.0 Å². The van der Waals surface area contributed by atoms with Crippen LogP contribution >= 0.6 is 0 Å². The normalized spacial score (nSPS) is 11.9. The number of pyridine rings is 1. The average Bonchev–Trinajstić information content (AvgIpc) is 3.10. The molecule has 2 heterocycles. The molecule has 25 heavy (non-hydrogen) atoms. The van der Waals surface area contributed by atoms with Crippen molar-refractivity contribution >= 4 is 0 Å². The Labute approximate surface area is 145 Å². The highest BCUT2D eigenvalue weighted by Crippen LogP contribution is 2.19. The van der Waals surface area contributed by atoms with Crippen molar-refractivity contribution in [3.63, 3.8) is 0 Å². The van der Waals surface area contributed by atoms with Gasteiger partial charge in [-0.25, -0.2) is 0 Å². The zero-order chi connectivity index (χ0) is 17.5. The minimum absolute atomic E-state index is 0.137. The molecule has 2 aromatic heterocycles. The number of hydrogen-bond acceptors (Lipinski definition) is 6. The first-order chi connectivity index (χ1) is 12.3. The van der Waals surface area contributed by atoms with Crippen LogP contribution in [0.4, 0.5) is 0 Å². The van der Waals surface area contributed by atoms with Crippen LogP contribution in [0.5, 0.6) is 5.75 Å². The van der Waals surface area contributed by atoms with E-state index in [2.05, 4.69) is 27.0 Å². The van der Waals surface area contributed by atoms with Gasteiger partial charge in [-0.2, -0.15) is 4.80 Å². The summed E-state index contributed by atoms with van der Waals surface area (Å²) >= 11 is 0. The maximum Gasteiger partial charge on any atom is 0.206 e. The van der Waals surface area contributed by atoms with Crippen molar-refractivity contribution < 1.29 is 9.84 Å². The molecule has 1 unspecified atom stereocenters. The summed E-state index contributed by atoms with van der Waals surface area (Å²) in [5.41, 5.74) is 1.81. The molecule has 0 aliphatic carbocycles. The topological polar surface area (TPSA) is 86.0 Å². The molecule has 0 saturated heterocycles. The summed E-state index contributed by atoms with van der Waals surface area (Å²) in [7, 11) is 0. The Morgan fingerprint density at radius 3 is 2.92 bits per heavy atom. The van der Waals surface area contributed by atoms with Crippen molar-refractivity contribution in [2.24, 2.45) is 0 Å². The van der Waals surface area contributed by atoms with E-state index in [0.717, 1.165) is 16.9 Å². The highest BCUT2D eigenvalue weighted by atomic mass is 16.5. The molecule has 0 amide bonds. The van der Waals surface area contributed by atoms with Gasteiger partial charge < -0.3 is 9.84 Å². The molecule has 7 heteroatoms. The van der Waals surface area contributed by atoms with Crippen LogP contribution in [-0.2, 0) is 13.0 Å². The molecular weight excluding hydrogens is 318 g/mol. The van der Waals surface area contributed by atoms with Crippen molar-refractivity contribution in [1.29, 1.82) is 0 Å². The molecule has 1 atom stereocenters. The van der Waals surface area contributed by atoms with Gasteiger partial charge in [0.15, 0.2) is 0 Å². The Morgan fingerprint density at radius 1 is 1.24 bits per heavy atom. The molecular formula is C18H19N5O2. The Balaban J connectivity index is 1.57. The standard InChI is InChI=1S/C18H19N5O2/c1-2-6-14-7-3-4-9-17(14)25-13-16(24)12-23-21-18(20-22-23)15-8-5-10-19-11-15/h2-5,7-11,16,24H,1,6,12-13H2. The third-order valence-electron chi connectivity index (χ3n) is 3.51. The molecule has 0 bridgehead atoms. The average molecular weight is 337 g/mol. The molecule has 0 aliphatic rings. The molecule has 0 saturated carbocycles. The van der Waals surface area contributed by atoms with Crippen LogP contribution in [0, 0.1) is 0 Å². The molecule has 7 nitrogen and oxygen atoms in total. The van der Waals surface area contributed by atoms with Gasteiger partial charge in [-0.1, -0.05) is 24.3 Å². The second-order valence-corrected chi connectivity index (χ2v) is 5.47. The number of aliphatic hydroxyl groups is 1. The van der Waals surface area contributed by atoms with Crippen molar-refractivity contribution in [1.82, 2.24) is 25.2 Å². The fourth-order valence-electron chi connectivity index (χ4n) is 2.33. The van der Waals surface area contributed by atoms with Gasteiger partial charge in [-0.15, -0.1) is 16.8 Å². The number of nitrogens with zero attached hydrogens (tertiary/aromatic N) is 5. The Hall–Kier alpha value is -3.06. The van der Waals surface area contributed by atoms with Crippen LogP contribution in [0.2, 0.25) is 0 Å². The molecule has 0 radical (unpaired) electrons. The number of allylic oxidation sites excluding steroid dienone is 1. The van der Waals surface area contributed by atoms with Crippen LogP contribution in [0.1, 0.15) is 5.56 Å². The lowest BCUT2D eigenvalue weighted by Crippen LogP contribution is -2.25. The first kappa shape index (κ1) is 16.8. The second kappa shape index (κ2) is 8.16. The van der Waals surface area contributed by atoms with E-state index in [1.54, 1.807) is 18.5 Å². The predicted molar refractivity (Wildman–Crippen MR) is 92.9 cm³/mol. The number of ether oxygens (including phenoxy) is 1. The Morgan fingerprint density at radius 2 is 2.12 bits per heavy atom. The van der Waals surface area contributed by atoms with Crippen LogP contribution in [0.15, 0.2) is 61.4 Å². The zero-order valence-corrected chi connectivity index (χ0v) is 13.7. The van der Waals surface area contributed by atoms with Crippen LogP contribution in [-0.4, -0.2) is 43.0 Å². The Bertz CT molecular complexity index is 819.